The smallest absolute Gasteiger partial charge is 0.431 e. The molecule has 35 heavy (non-hydrogen) atoms. The zero-order chi connectivity index (χ0) is 26.5. The number of terminal acetylenes is 1. The molecule has 0 radical (unpaired) electrons. The number of esters is 2. The van der Waals surface area contributed by atoms with Crippen molar-refractivity contribution in [3.8, 4) is 18.0 Å². The fourth-order valence-corrected chi connectivity index (χ4v) is 2.93. The highest BCUT2D eigenvalue weighted by atomic mass is 35.5. The van der Waals surface area contributed by atoms with Crippen molar-refractivity contribution in [2.75, 3.05) is 19.8 Å². The van der Waals surface area contributed by atoms with E-state index in [1.54, 1.807) is 0 Å². The SMILES string of the molecule is C#CCOCCOC(=O)[C@@H](C)OC(=O)c1cc(-n2c(=O)cc(C(F)(F)F)n(C)c2=O)c(F)cc1Cl. The molecule has 9 nitrogen and oxygen atoms in total. The minimum absolute atomic E-state index is 0.00138. The molecule has 1 heterocycles. The minimum Gasteiger partial charge on any atom is -0.461 e. The molecule has 0 unspecified atom stereocenters. The number of rotatable bonds is 8. The summed E-state index contributed by atoms with van der Waals surface area (Å²) in [7, 11) is 0.731. The van der Waals surface area contributed by atoms with Gasteiger partial charge in [-0.3, -0.25) is 9.36 Å². The summed E-state index contributed by atoms with van der Waals surface area (Å²) in [5.74, 6) is -1.31. The Morgan fingerprint density at radius 3 is 2.46 bits per heavy atom. The van der Waals surface area contributed by atoms with E-state index in [1.807, 2.05) is 0 Å². The maximum absolute atomic E-state index is 14.6. The molecule has 14 heteroatoms. The summed E-state index contributed by atoms with van der Waals surface area (Å²) in [5, 5.41) is -0.517. The summed E-state index contributed by atoms with van der Waals surface area (Å²) in [6.07, 6.45) is -1.50. The van der Waals surface area contributed by atoms with Crippen LogP contribution in [0, 0.1) is 18.2 Å². The van der Waals surface area contributed by atoms with Crippen molar-refractivity contribution in [3.05, 3.63) is 61.1 Å². The van der Waals surface area contributed by atoms with Crippen molar-refractivity contribution in [2.45, 2.75) is 19.2 Å². The molecule has 0 saturated heterocycles. The first kappa shape index (κ1) is 27.6. The number of hydrogen-bond donors (Lipinski definition) is 0. The molecule has 0 aliphatic heterocycles. The quantitative estimate of drug-likeness (QED) is 0.227. The average Bonchev–Trinajstić information content (AvgIpc) is 2.76. The Bertz CT molecular complexity index is 1290. The van der Waals surface area contributed by atoms with Crippen LogP contribution in [0.25, 0.3) is 5.69 Å². The van der Waals surface area contributed by atoms with Gasteiger partial charge in [0.25, 0.3) is 5.56 Å². The van der Waals surface area contributed by atoms with Crippen LogP contribution in [0.4, 0.5) is 17.6 Å². The average molecular weight is 521 g/mol. The molecular weight excluding hydrogens is 504 g/mol. The summed E-state index contributed by atoms with van der Waals surface area (Å²) in [6, 6.07) is 1.30. The maximum atomic E-state index is 14.6. The Labute approximate surface area is 199 Å². The zero-order valence-corrected chi connectivity index (χ0v) is 18.9. The lowest BCUT2D eigenvalue weighted by molar-refractivity contribution is -0.154. The van der Waals surface area contributed by atoms with Gasteiger partial charge >= 0.3 is 23.8 Å². The van der Waals surface area contributed by atoms with Gasteiger partial charge in [0.15, 0.2) is 6.10 Å². The molecule has 2 aromatic rings. The van der Waals surface area contributed by atoms with Gasteiger partial charge in [0.2, 0.25) is 0 Å². The molecule has 2 rings (SSSR count). The van der Waals surface area contributed by atoms with E-state index in [-0.39, 0.29) is 35.0 Å². The summed E-state index contributed by atoms with van der Waals surface area (Å²) in [4.78, 5) is 49.1. The van der Waals surface area contributed by atoms with Gasteiger partial charge in [-0.25, -0.2) is 23.3 Å². The van der Waals surface area contributed by atoms with Gasteiger partial charge in [0.1, 0.15) is 24.7 Å². The Hall–Kier alpha value is -3.63. The Morgan fingerprint density at radius 1 is 1.20 bits per heavy atom. The largest absolute Gasteiger partial charge is 0.461 e. The molecular formula is C21H17ClF4N2O7. The van der Waals surface area contributed by atoms with Gasteiger partial charge in [-0.05, 0) is 19.1 Å². The van der Waals surface area contributed by atoms with Crippen LogP contribution >= 0.6 is 11.6 Å². The molecule has 0 bridgehead atoms. The predicted octanol–water partition coefficient (Wildman–Crippen LogP) is 2.09. The monoisotopic (exact) mass is 520 g/mol. The first-order valence-electron chi connectivity index (χ1n) is 9.58. The lowest BCUT2D eigenvalue weighted by atomic mass is 10.2. The molecule has 0 fully saturated rings. The van der Waals surface area contributed by atoms with Crippen LogP contribution in [-0.2, 0) is 32.2 Å². The zero-order valence-electron chi connectivity index (χ0n) is 18.2. The van der Waals surface area contributed by atoms with E-state index in [4.69, 9.17) is 32.2 Å². The second kappa shape index (κ2) is 11.2. The Morgan fingerprint density at radius 2 is 1.86 bits per heavy atom. The second-order valence-electron chi connectivity index (χ2n) is 6.80. The summed E-state index contributed by atoms with van der Waals surface area (Å²) >= 11 is 5.87. The highest BCUT2D eigenvalue weighted by Gasteiger charge is 2.35. The molecule has 0 aliphatic carbocycles. The third kappa shape index (κ3) is 6.49. The molecule has 188 valence electrons. The fourth-order valence-electron chi connectivity index (χ4n) is 2.71. The van der Waals surface area contributed by atoms with Crippen LogP contribution in [0.3, 0.4) is 0 Å². The summed E-state index contributed by atoms with van der Waals surface area (Å²) in [5.41, 5.74) is -6.04. The normalized spacial score (nSPS) is 12.1. The van der Waals surface area contributed by atoms with Crippen LogP contribution in [0.2, 0.25) is 5.02 Å². The van der Waals surface area contributed by atoms with Crippen molar-refractivity contribution in [2.24, 2.45) is 7.05 Å². The summed E-state index contributed by atoms with van der Waals surface area (Å²) < 4.78 is 68.6. The first-order valence-corrected chi connectivity index (χ1v) is 9.95. The van der Waals surface area contributed by atoms with Crippen molar-refractivity contribution < 1.29 is 41.4 Å². The lowest BCUT2D eigenvalue weighted by Crippen LogP contribution is -2.41. The van der Waals surface area contributed by atoms with E-state index in [2.05, 4.69) is 5.92 Å². The van der Waals surface area contributed by atoms with E-state index < -0.39 is 63.3 Å². The van der Waals surface area contributed by atoms with Gasteiger partial charge in [-0.1, -0.05) is 17.5 Å². The number of ether oxygens (including phenoxy) is 3. The third-order valence-electron chi connectivity index (χ3n) is 4.38. The number of benzene rings is 1. The van der Waals surface area contributed by atoms with E-state index in [0.717, 1.165) is 14.0 Å². The maximum Gasteiger partial charge on any atom is 0.431 e. The van der Waals surface area contributed by atoms with Gasteiger partial charge in [0, 0.05) is 13.1 Å². The van der Waals surface area contributed by atoms with Gasteiger partial charge < -0.3 is 14.2 Å². The van der Waals surface area contributed by atoms with E-state index in [9.17, 15) is 36.7 Å². The standard InChI is InChI=1S/C21H17ClF4N2O7/c1-4-5-33-6-7-34-18(30)11(2)35-19(31)12-8-15(14(23)9-13(12)22)28-17(29)10-16(21(24,25)26)27(3)20(28)32/h1,8-11H,5-7H2,2-3H3/t11-/m1/s1. The van der Waals surface area contributed by atoms with Crippen LogP contribution in [-0.4, -0.2) is 47.0 Å². The van der Waals surface area contributed by atoms with Gasteiger partial charge in [0.05, 0.1) is 22.9 Å². The number of aromatic nitrogens is 2. The van der Waals surface area contributed by atoms with Crippen molar-refractivity contribution in [1.82, 2.24) is 9.13 Å². The molecule has 0 saturated carbocycles. The van der Waals surface area contributed by atoms with E-state index in [0.29, 0.717) is 12.1 Å². The van der Waals surface area contributed by atoms with Crippen molar-refractivity contribution >= 4 is 23.5 Å². The molecule has 0 amide bonds. The fraction of sp³-hybridized carbons (Fsp3) is 0.333. The molecule has 0 spiro atoms. The number of nitrogens with zero attached hydrogens (tertiary/aromatic N) is 2. The number of alkyl halides is 3. The lowest BCUT2D eigenvalue weighted by Gasteiger charge is -2.16. The van der Waals surface area contributed by atoms with Gasteiger partial charge in [-0.2, -0.15) is 13.2 Å². The van der Waals surface area contributed by atoms with Crippen LogP contribution in [0.5, 0.6) is 0 Å². The Balaban J connectivity index is 2.35. The van der Waals surface area contributed by atoms with Crippen LogP contribution in [0.1, 0.15) is 23.0 Å². The van der Waals surface area contributed by atoms with Crippen LogP contribution < -0.4 is 11.2 Å². The van der Waals surface area contributed by atoms with Crippen molar-refractivity contribution in [3.63, 3.8) is 0 Å². The highest BCUT2D eigenvalue weighted by Crippen LogP contribution is 2.28. The first-order chi connectivity index (χ1) is 16.3. The van der Waals surface area contributed by atoms with Crippen LogP contribution in [0.15, 0.2) is 27.8 Å². The molecule has 1 aromatic carbocycles. The third-order valence-corrected chi connectivity index (χ3v) is 4.69. The minimum atomic E-state index is -5.03. The molecule has 1 aromatic heterocycles. The number of carbonyl (C=O) groups excluding carboxylic acids is 2. The number of hydrogen-bond acceptors (Lipinski definition) is 7. The van der Waals surface area contributed by atoms with Gasteiger partial charge in [-0.15, -0.1) is 6.42 Å². The van der Waals surface area contributed by atoms with E-state index in [1.165, 1.54) is 0 Å². The van der Waals surface area contributed by atoms with Crippen molar-refractivity contribution in [1.29, 1.82) is 0 Å². The second-order valence-corrected chi connectivity index (χ2v) is 7.20. The Kier molecular flexibility index (Phi) is 8.83. The number of carbonyl (C=O) groups is 2. The molecule has 1 atom stereocenters. The highest BCUT2D eigenvalue weighted by molar-refractivity contribution is 6.33. The number of halogens is 5. The van der Waals surface area contributed by atoms with E-state index >= 15 is 0 Å². The molecule has 0 aliphatic rings. The topological polar surface area (TPSA) is 106 Å². The summed E-state index contributed by atoms with van der Waals surface area (Å²) in [6.45, 7) is 0.959. The molecule has 0 N–H and O–H groups in total. The predicted molar refractivity (Wildman–Crippen MR) is 113 cm³/mol.